The van der Waals surface area contributed by atoms with Crippen LogP contribution in [0.5, 0.6) is 0 Å². The van der Waals surface area contributed by atoms with E-state index in [1.807, 2.05) is 9.24 Å². The van der Waals surface area contributed by atoms with Gasteiger partial charge in [-0.25, -0.2) is 0 Å². The molecule has 0 heterocycles. The fraction of sp³-hybridized carbons (Fsp3) is 0. The Morgan fingerprint density at radius 1 is 2.00 bits per heavy atom. The molecule has 0 aliphatic rings. The highest BCUT2D eigenvalue weighted by Gasteiger charge is 1.76. The molecule has 0 aromatic rings. The second kappa shape index (κ2) is 2.79. The SMILES string of the molecule is O=C(P)/C=N\O. The van der Waals surface area contributed by atoms with Gasteiger partial charge in [-0.05, 0) is 0 Å². The van der Waals surface area contributed by atoms with Crippen LogP contribution in [-0.2, 0) is 4.79 Å². The molecule has 0 bridgehead atoms. The van der Waals surface area contributed by atoms with Crippen LogP contribution in [0.25, 0.3) is 0 Å². The first kappa shape index (κ1) is 5.57. The van der Waals surface area contributed by atoms with Gasteiger partial charge in [-0.15, -0.1) is 0 Å². The summed E-state index contributed by atoms with van der Waals surface area (Å²) in [5, 5.41) is 10.0. The first-order valence-electron chi connectivity index (χ1n) is 1.24. The van der Waals surface area contributed by atoms with E-state index in [1.54, 1.807) is 0 Å². The van der Waals surface area contributed by atoms with Crippen molar-refractivity contribution < 1.29 is 10.0 Å². The third-order valence-corrected chi connectivity index (χ3v) is 0.334. The summed E-state index contributed by atoms with van der Waals surface area (Å²) < 4.78 is 0. The molecule has 0 aliphatic heterocycles. The molecule has 0 spiro atoms. The van der Waals surface area contributed by atoms with Crippen LogP contribution in [0.2, 0.25) is 0 Å². The minimum absolute atomic E-state index is 0.336. The van der Waals surface area contributed by atoms with Crippen LogP contribution in [0, 0.1) is 0 Å². The van der Waals surface area contributed by atoms with Gasteiger partial charge in [0.15, 0.2) is 5.52 Å². The van der Waals surface area contributed by atoms with E-state index in [4.69, 9.17) is 5.21 Å². The molecule has 6 heavy (non-hydrogen) atoms. The predicted molar refractivity (Wildman–Crippen MR) is 25.0 cm³/mol. The molecule has 0 radical (unpaired) electrons. The van der Waals surface area contributed by atoms with Crippen molar-refractivity contribution in [3.05, 3.63) is 0 Å². The summed E-state index contributed by atoms with van der Waals surface area (Å²) in [5.41, 5.74) is -0.336. The van der Waals surface area contributed by atoms with E-state index >= 15 is 0 Å². The van der Waals surface area contributed by atoms with Crippen molar-refractivity contribution in [2.75, 3.05) is 0 Å². The zero-order valence-electron chi connectivity index (χ0n) is 2.96. The van der Waals surface area contributed by atoms with Gasteiger partial charge in [-0.3, -0.25) is 4.79 Å². The Balaban J connectivity index is 3.30. The number of oxime groups is 1. The van der Waals surface area contributed by atoms with Gasteiger partial charge >= 0.3 is 0 Å². The van der Waals surface area contributed by atoms with Crippen LogP contribution < -0.4 is 0 Å². The van der Waals surface area contributed by atoms with Crippen molar-refractivity contribution in [1.82, 2.24) is 0 Å². The zero-order chi connectivity index (χ0) is 4.99. The van der Waals surface area contributed by atoms with Crippen molar-refractivity contribution in [2.45, 2.75) is 0 Å². The first-order valence-corrected chi connectivity index (χ1v) is 1.82. The molecular weight excluding hydrogens is 101 g/mol. The fourth-order valence-corrected chi connectivity index (χ4v) is 0.124. The number of nitrogens with zero attached hydrogens (tertiary/aromatic N) is 1. The van der Waals surface area contributed by atoms with Crippen molar-refractivity contribution in [1.29, 1.82) is 0 Å². The van der Waals surface area contributed by atoms with Crippen LogP contribution in [0.1, 0.15) is 0 Å². The molecule has 4 heteroatoms. The van der Waals surface area contributed by atoms with Crippen molar-refractivity contribution >= 4 is 21.0 Å². The Morgan fingerprint density at radius 2 is 2.50 bits per heavy atom. The number of carbonyl (C=O) groups excluding carboxylic acids is 1. The summed E-state index contributed by atoms with van der Waals surface area (Å²) in [4.78, 5) is 9.70. The lowest BCUT2D eigenvalue weighted by Gasteiger charge is -1.67. The van der Waals surface area contributed by atoms with Crippen LogP contribution in [-0.4, -0.2) is 16.9 Å². The third kappa shape index (κ3) is 3.57. The van der Waals surface area contributed by atoms with Crippen molar-refractivity contribution in [3.63, 3.8) is 0 Å². The lowest BCUT2D eigenvalue weighted by atomic mass is 10.9. The Morgan fingerprint density at radius 3 is 2.50 bits per heavy atom. The maximum absolute atomic E-state index is 9.70. The van der Waals surface area contributed by atoms with Crippen LogP contribution in [0.3, 0.4) is 0 Å². The molecule has 0 aromatic carbocycles. The van der Waals surface area contributed by atoms with E-state index < -0.39 is 0 Å². The van der Waals surface area contributed by atoms with Crippen LogP contribution in [0.15, 0.2) is 5.16 Å². The lowest BCUT2D eigenvalue weighted by Crippen LogP contribution is -1.81. The van der Waals surface area contributed by atoms with E-state index in [2.05, 4.69) is 5.16 Å². The largest absolute Gasteiger partial charge is 0.411 e. The molecule has 1 unspecified atom stereocenters. The highest BCUT2D eigenvalue weighted by atomic mass is 31.0. The van der Waals surface area contributed by atoms with E-state index in [9.17, 15) is 4.79 Å². The summed E-state index contributed by atoms with van der Waals surface area (Å²) in [6.45, 7) is 0. The quantitative estimate of drug-likeness (QED) is 0.218. The van der Waals surface area contributed by atoms with E-state index in [-0.39, 0.29) is 5.52 Å². The van der Waals surface area contributed by atoms with Crippen LogP contribution >= 0.6 is 9.24 Å². The normalized spacial score (nSPS) is 9.50. The van der Waals surface area contributed by atoms with Gasteiger partial charge in [0.1, 0.15) is 6.21 Å². The maximum Gasteiger partial charge on any atom is 0.192 e. The highest BCUT2D eigenvalue weighted by Crippen LogP contribution is 1.75. The minimum atomic E-state index is -0.336. The molecule has 1 N–H and O–H groups in total. The van der Waals surface area contributed by atoms with Crippen molar-refractivity contribution in [3.8, 4) is 0 Å². The summed E-state index contributed by atoms with van der Waals surface area (Å²) >= 11 is 0. The second-order valence-corrected chi connectivity index (χ2v) is 1.22. The van der Waals surface area contributed by atoms with Crippen LogP contribution in [0.4, 0.5) is 0 Å². The van der Waals surface area contributed by atoms with Gasteiger partial charge in [0, 0.05) is 0 Å². The number of carbonyl (C=O) groups is 1. The molecule has 0 rings (SSSR count). The van der Waals surface area contributed by atoms with Crippen molar-refractivity contribution in [2.24, 2.45) is 5.16 Å². The van der Waals surface area contributed by atoms with E-state index in [0.29, 0.717) is 0 Å². The summed E-state index contributed by atoms with van der Waals surface area (Å²) in [7, 11) is 1.83. The third-order valence-electron chi connectivity index (χ3n) is 0.185. The van der Waals surface area contributed by atoms with E-state index in [1.165, 1.54) is 0 Å². The second-order valence-electron chi connectivity index (χ2n) is 0.647. The topological polar surface area (TPSA) is 49.7 Å². The first-order chi connectivity index (χ1) is 2.77. The lowest BCUT2D eigenvalue weighted by molar-refractivity contribution is -0.105. The zero-order valence-corrected chi connectivity index (χ0v) is 4.11. The highest BCUT2D eigenvalue weighted by molar-refractivity contribution is 7.44. The number of hydrogen-bond donors (Lipinski definition) is 1. The molecular formula is C2H4NO2P. The molecule has 0 amide bonds. The molecule has 0 aliphatic carbocycles. The van der Waals surface area contributed by atoms with E-state index in [0.717, 1.165) is 6.21 Å². The number of rotatable bonds is 1. The Bertz CT molecular complexity index is 79.6. The monoisotopic (exact) mass is 105 g/mol. The van der Waals surface area contributed by atoms with Gasteiger partial charge in [0.25, 0.3) is 0 Å². The molecule has 0 aromatic heterocycles. The average Bonchev–Trinajstić information content (AvgIpc) is 1.35. The average molecular weight is 105 g/mol. The smallest absolute Gasteiger partial charge is 0.192 e. The Hall–Kier alpha value is -0.430. The van der Waals surface area contributed by atoms with Gasteiger partial charge in [-0.2, -0.15) is 0 Å². The fourth-order valence-electron chi connectivity index (χ4n) is 0.0569. The van der Waals surface area contributed by atoms with Gasteiger partial charge in [-0.1, -0.05) is 14.4 Å². The summed E-state index contributed by atoms with van der Waals surface area (Å²) in [6, 6.07) is 0. The Labute approximate surface area is 37.2 Å². The maximum atomic E-state index is 9.70. The Kier molecular flexibility index (Phi) is 2.59. The molecule has 3 nitrogen and oxygen atoms in total. The molecule has 0 saturated heterocycles. The van der Waals surface area contributed by atoms with Gasteiger partial charge in [0.05, 0.1) is 0 Å². The molecule has 0 saturated carbocycles. The number of hydrogen-bond acceptors (Lipinski definition) is 3. The molecule has 1 atom stereocenters. The standard InChI is InChI=1S/C2H4NO2P/c4-2(6)1-3-5/h1,5H,6H2/b3-1-. The predicted octanol–water partition coefficient (Wildman–Crippen LogP) is -0.152. The summed E-state index contributed by atoms with van der Waals surface area (Å²) in [5.74, 6) is 0. The minimum Gasteiger partial charge on any atom is -0.411 e. The van der Waals surface area contributed by atoms with Gasteiger partial charge in [0.2, 0.25) is 0 Å². The molecule has 0 fully saturated rings. The molecule has 34 valence electrons. The summed E-state index contributed by atoms with van der Waals surface area (Å²) in [6.07, 6.45) is 0.796. The van der Waals surface area contributed by atoms with Gasteiger partial charge < -0.3 is 5.21 Å².